The van der Waals surface area contributed by atoms with Gasteiger partial charge in [0, 0.05) is 0 Å². The molecule has 15 heavy (non-hydrogen) atoms. The van der Waals surface area contributed by atoms with Crippen molar-refractivity contribution in [3.8, 4) is 11.1 Å². The van der Waals surface area contributed by atoms with E-state index in [2.05, 4.69) is 67.7 Å². The summed E-state index contributed by atoms with van der Waals surface area (Å²) in [5, 5.41) is 1.44. The van der Waals surface area contributed by atoms with Crippen LogP contribution < -0.4 is 0 Å². The second-order valence-corrected chi connectivity index (χ2v) is 3.28. The number of hydrogen-bond donors (Lipinski definition) is 1. The van der Waals surface area contributed by atoms with Crippen molar-refractivity contribution in [3.05, 3.63) is 72.7 Å². The van der Waals surface area contributed by atoms with Crippen molar-refractivity contribution in [3.63, 3.8) is 0 Å². The summed E-state index contributed by atoms with van der Waals surface area (Å²) in [6, 6.07) is 20.8. The average molecular weight is 214 g/mol. The van der Waals surface area contributed by atoms with Crippen molar-refractivity contribution < 1.29 is 0 Å². The third kappa shape index (κ3) is 4.05. The van der Waals surface area contributed by atoms with Crippen molar-refractivity contribution in [2.24, 2.45) is 0 Å². The van der Waals surface area contributed by atoms with Crippen molar-refractivity contribution in [1.29, 1.82) is 0 Å². The molecular formula is C14H14S. The Morgan fingerprint density at radius 3 is 1.27 bits per heavy atom. The Morgan fingerprint density at radius 1 is 0.733 bits per heavy atom. The van der Waals surface area contributed by atoms with Crippen LogP contribution in [0.5, 0.6) is 0 Å². The molecule has 0 aliphatic rings. The fourth-order valence-electron chi connectivity index (χ4n) is 1.26. The molecular weight excluding hydrogens is 200 g/mol. The Labute approximate surface area is 96.7 Å². The molecule has 2 aromatic rings. The molecule has 2 aromatic carbocycles. The molecule has 2 rings (SSSR count). The zero-order valence-corrected chi connectivity index (χ0v) is 9.40. The molecule has 0 saturated heterocycles. The highest BCUT2D eigenvalue weighted by molar-refractivity contribution is 7.83. The van der Waals surface area contributed by atoms with Gasteiger partial charge in [0.05, 0.1) is 0 Å². The monoisotopic (exact) mass is 214 g/mol. The van der Waals surface area contributed by atoms with Crippen LogP contribution in [-0.4, -0.2) is 0 Å². The molecule has 0 atom stereocenters. The van der Waals surface area contributed by atoms with Crippen LogP contribution >= 0.6 is 12.6 Å². The lowest BCUT2D eigenvalue weighted by Crippen LogP contribution is -1.73. The first-order valence-electron chi connectivity index (χ1n) is 4.74. The summed E-state index contributed by atoms with van der Waals surface area (Å²) in [7, 11) is 0. The first kappa shape index (κ1) is 11.6. The van der Waals surface area contributed by atoms with Gasteiger partial charge >= 0.3 is 0 Å². The summed E-state index contributed by atoms with van der Waals surface area (Å²) in [6.45, 7) is 3.23. The maximum absolute atomic E-state index is 3.55. The number of hydrogen-bond acceptors (Lipinski definition) is 1. The van der Waals surface area contributed by atoms with Crippen LogP contribution in [0.15, 0.2) is 72.7 Å². The highest BCUT2D eigenvalue weighted by atomic mass is 32.1. The van der Waals surface area contributed by atoms with E-state index in [9.17, 15) is 0 Å². The minimum atomic E-state index is 1.28. The van der Waals surface area contributed by atoms with E-state index in [1.807, 2.05) is 12.1 Å². The third-order valence-electron chi connectivity index (χ3n) is 1.88. The normalized spacial score (nSPS) is 8.60. The Morgan fingerprint density at radius 2 is 1.00 bits per heavy atom. The van der Waals surface area contributed by atoms with Crippen LogP contribution in [0, 0.1) is 0 Å². The Balaban J connectivity index is 0.000000337. The van der Waals surface area contributed by atoms with Crippen LogP contribution in [0.3, 0.4) is 0 Å². The minimum Gasteiger partial charge on any atom is -0.152 e. The first-order chi connectivity index (χ1) is 7.38. The maximum atomic E-state index is 3.55. The second-order valence-electron chi connectivity index (χ2n) is 2.91. The molecule has 0 unspecified atom stereocenters. The first-order valence-corrected chi connectivity index (χ1v) is 5.25. The van der Waals surface area contributed by atoms with E-state index < -0.39 is 0 Å². The van der Waals surface area contributed by atoms with Gasteiger partial charge in [-0.25, -0.2) is 0 Å². The minimum absolute atomic E-state index is 1.28. The molecule has 0 spiro atoms. The maximum Gasteiger partial charge on any atom is -0.0184 e. The Kier molecular flexibility index (Phi) is 5.34. The van der Waals surface area contributed by atoms with Gasteiger partial charge in [-0.2, -0.15) is 12.6 Å². The summed E-state index contributed by atoms with van der Waals surface area (Å²) in [6.07, 6.45) is 0. The fourth-order valence-corrected chi connectivity index (χ4v) is 1.26. The van der Waals surface area contributed by atoms with E-state index in [0.29, 0.717) is 0 Å². The summed E-state index contributed by atoms with van der Waals surface area (Å²) in [4.78, 5) is 0. The fraction of sp³-hybridized carbons (Fsp3) is 0. The molecule has 0 radical (unpaired) electrons. The molecule has 1 heteroatoms. The van der Waals surface area contributed by atoms with E-state index in [1.54, 1.807) is 0 Å². The van der Waals surface area contributed by atoms with E-state index in [-0.39, 0.29) is 0 Å². The quantitative estimate of drug-likeness (QED) is 0.668. The van der Waals surface area contributed by atoms with E-state index in [4.69, 9.17) is 0 Å². The highest BCUT2D eigenvalue weighted by Gasteiger charge is 1.91. The van der Waals surface area contributed by atoms with Crippen LogP contribution in [0.2, 0.25) is 0 Å². The standard InChI is InChI=1S/C12H10.C2H4S/c1-3-7-11(8-4-1)12-9-5-2-6-10-12;1-2-3/h1-10H;2-3H,1H2. The van der Waals surface area contributed by atoms with Gasteiger partial charge in [0.2, 0.25) is 0 Å². The lowest BCUT2D eigenvalue weighted by atomic mass is 10.1. The summed E-state index contributed by atoms with van der Waals surface area (Å²) in [5.74, 6) is 0. The van der Waals surface area contributed by atoms with Crippen molar-refractivity contribution >= 4 is 12.6 Å². The average Bonchev–Trinajstić information content (AvgIpc) is 2.32. The molecule has 0 aliphatic carbocycles. The molecule has 76 valence electrons. The van der Waals surface area contributed by atoms with Gasteiger partial charge in [-0.3, -0.25) is 0 Å². The molecule has 0 aliphatic heterocycles. The van der Waals surface area contributed by atoms with Crippen molar-refractivity contribution in [2.75, 3.05) is 0 Å². The summed E-state index contributed by atoms with van der Waals surface area (Å²) >= 11 is 3.55. The van der Waals surface area contributed by atoms with E-state index in [1.165, 1.54) is 16.5 Å². The third-order valence-corrected chi connectivity index (χ3v) is 1.88. The molecule has 0 saturated carbocycles. The Bertz CT molecular complexity index is 341. The van der Waals surface area contributed by atoms with Crippen LogP contribution in [0.4, 0.5) is 0 Å². The van der Waals surface area contributed by atoms with Crippen LogP contribution in [-0.2, 0) is 0 Å². The van der Waals surface area contributed by atoms with E-state index in [0.717, 1.165) is 0 Å². The van der Waals surface area contributed by atoms with Crippen LogP contribution in [0.1, 0.15) is 0 Å². The van der Waals surface area contributed by atoms with Gasteiger partial charge in [-0.05, 0) is 16.5 Å². The van der Waals surface area contributed by atoms with Gasteiger partial charge in [0.15, 0.2) is 0 Å². The second kappa shape index (κ2) is 6.91. The number of benzene rings is 2. The van der Waals surface area contributed by atoms with Gasteiger partial charge < -0.3 is 0 Å². The molecule has 0 nitrogen and oxygen atoms in total. The predicted molar refractivity (Wildman–Crippen MR) is 71.1 cm³/mol. The zero-order chi connectivity index (χ0) is 10.9. The lowest BCUT2D eigenvalue weighted by molar-refractivity contribution is 1.62. The van der Waals surface area contributed by atoms with E-state index >= 15 is 0 Å². The molecule has 0 amide bonds. The molecule has 0 N–H and O–H groups in total. The van der Waals surface area contributed by atoms with Gasteiger partial charge in [0.25, 0.3) is 0 Å². The number of thiol groups is 1. The largest absolute Gasteiger partial charge is 0.152 e. The van der Waals surface area contributed by atoms with Crippen molar-refractivity contribution in [2.45, 2.75) is 0 Å². The van der Waals surface area contributed by atoms with Gasteiger partial charge in [-0.1, -0.05) is 67.2 Å². The predicted octanol–water partition coefficient (Wildman–Crippen LogP) is 4.41. The summed E-state index contributed by atoms with van der Waals surface area (Å²) < 4.78 is 0. The summed E-state index contributed by atoms with van der Waals surface area (Å²) in [5.41, 5.74) is 2.55. The zero-order valence-electron chi connectivity index (χ0n) is 8.51. The molecule has 0 fully saturated rings. The number of rotatable bonds is 1. The van der Waals surface area contributed by atoms with Gasteiger partial charge in [-0.15, -0.1) is 0 Å². The Hall–Kier alpha value is -1.47. The topological polar surface area (TPSA) is 0 Å². The molecule has 0 heterocycles. The smallest absolute Gasteiger partial charge is 0.0184 e. The van der Waals surface area contributed by atoms with Crippen LogP contribution in [0.25, 0.3) is 11.1 Å². The highest BCUT2D eigenvalue weighted by Crippen LogP contribution is 2.17. The lowest BCUT2D eigenvalue weighted by Gasteiger charge is -1.98. The molecule has 0 bridgehead atoms. The SMILES string of the molecule is C=CS.c1ccc(-c2ccccc2)cc1. The van der Waals surface area contributed by atoms with Crippen molar-refractivity contribution in [1.82, 2.24) is 0 Å². The van der Waals surface area contributed by atoms with Gasteiger partial charge in [0.1, 0.15) is 0 Å². The molecule has 0 aromatic heterocycles.